The molecule has 4 rings (SSSR count). The van der Waals surface area contributed by atoms with Crippen molar-refractivity contribution < 1.29 is 4.79 Å². The highest BCUT2D eigenvalue weighted by Crippen LogP contribution is 2.29. The Morgan fingerprint density at radius 2 is 1.82 bits per heavy atom. The zero-order valence-corrected chi connectivity index (χ0v) is 17.0. The molecule has 1 atom stereocenters. The van der Waals surface area contributed by atoms with Crippen molar-refractivity contribution in [2.45, 2.75) is 45.1 Å². The fraction of sp³-hybridized carbons (Fsp3) is 0.391. The Morgan fingerprint density at radius 1 is 1.11 bits per heavy atom. The van der Waals surface area contributed by atoms with Crippen molar-refractivity contribution in [3.8, 4) is 0 Å². The SMILES string of the molecule is CCC[C@H](C(=O)N1CCCC1)n1c(Cc2ccccc2Cl)nc2ccccc21. The van der Waals surface area contributed by atoms with Crippen LogP contribution >= 0.6 is 11.6 Å². The van der Waals surface area contributed by atoms with E-state index in [-0.39, 0.29) is 11.9 Å². The molecule has 1 aliphatic rings. The summed E-state index contributed by atoms with van der Waals surface area (Å²) in [7, 11) is 0. The van der Waals surface area contributed by atoms with Crippen molar-refractivity contribution in [1.82, 2.24) is 14.5 Å². The molecule has 0 spiro atoms. The number of nitrogens with zero attached hydrogens (tertiary/aromatic N) is 3. The van der Waals surface area contributed by atoms with E-state index in [4.69, 9.17) is 16.6 Å². The van der Waals surface area contributed by atoms with Crippen LogP contribution in [-0.4, -0.2) is 33.4 Å². The average molecular weight is 396 g/mol. The molecule has 0 aliphatic carbocycles. The number of rotatable bonds is 6. The molecule has 0 unspecified atom stereocenters. The third kappa shape index (κ3) is 3.66. The van der Waals surface area contributed by atoms with Gasteiger partial charge in [0.1, 0.15) is 11.9 Å². The highest BCUT2D eigenvalue weighted by Gasteiger charge is 2.30. The van der Waals surface area contributed by atoms with Crippen LogP contribution in [0.5, 0.6) is 0 Å². The van der Waals surface area contributed by atoms with Crippen molar-refractivity contribution in [3.63, 3.8) is 0 Å². The van der Waals surface area contributed by atoms with Crippen LogP contribution < -0.4 is 0 Å². The number of para-hydroxylation sites is 2. The molecule has 0 radical (unpaired) electrons. The molecule has 5 heteroatoms. The highest BCUT2D eigenvalue weighted by atomic mass is 35.5. The van der Waals surface area contributed by atoms with Crippen LogP contribution in [0.3, 0.4) is 0 Å². The predicted molar refractivity (Wildman–Crippen MR) is 114 cm³/mol. The minimum absolute atomic E-state index is 0.215. The van der Waals surface area contributed by atoms with Crippen LogP contribution in [-0.2, 0) is 11.2 Å². The zero-order chi connectivity index (χ0) is 19.5. The number of hydrogen-bond donors (Lipinski definition) is 0. The minimum Gasteiger partial charge on any atom is -0.341 e. The van der Waals surface area contributed by atoms with Crippen molar-refractivity contribution in [2.24, 2.45) is 0 Å². The van der Waals surface area contributed by atoms with Gasteiger partial charge in [-0.1, -0.05) is 55.3 Å². The van der Waals surface area contributed by atoms with Crippen LogP contribution in [0.2, 0.25) is 5.02 Å². The molecule has 0 N–H and O–H groups in total. The van der Waals surface area contributed by atoms with Gasteiger partial charge in [0.2, 0.25) is 5.91 Å². The topological polar surface area (TPSA) is 38.1 Å². The molecule has 28 heavy (non-hydrogen) atoms. The van der Waals surface area contributed by atoms with E-state index in [9.17, 15) is 4.79 Å². The second-order valence-electron chi connectivity index (χ2n) is 7.49. The molecule has 1 fully saturated rings. The molecule has 146 valence electrons. The first-order valence-electron chi connectivity index (χ1n) is 10.2. The molecule has 1 saturated heterocycles. The lowest BCUT2D eigenvalue weighted by Crippen LogP contribution is -2.35. The number of fused-ring (bicyclic) bond motifs is 1. The summed E-state index contributed by atoms with van der Waals surface area (Å²) >= 11 is 6.42. The van der Waals surface area contributed by atoms with Crippen LogP contribution in [0.25, 0.3) is 11.0 Å². The van der Waals surface area contributed by atoms with E-state index in [2.05, 4.69) is 17.6 Å². The summed E-state index contributed by atoms with van der Waals surface area (Å²) in [5.74, 6) is 1.13. The molecule has 2 aromatic carbocycles. The number of likely N-dealkylation sites (tertiary alicyclic amines) is 1. The molecule has 3 aromatic rings. The summed E-state index contributed by atoms with van der Waals surface area (Å²) in [5, 5.41) is 0.735. The summed E-state index contributed by atoms with van der Waals surface area (Å²) in [5.41, 5.74) is 2.99. The maximum atomic E-state index is 13.4. The smallest absolute Gasteiger partial charge is 0.245 e. The quantitative estimate of drug-likeness (QED) is 0.572. The molecule has 0 saturated carbocycles. The van der Waals surface area contributed by atoms with E-state index in [0.29, 0.717) is 6.42 Å². The second kappa shape index (κ2) is 8.36. The largest absolute Gasteiger partial charge is 0.341 e. The fourth-order valence-corrected chi connectivity index (χ4v) is 4.37. The maximum Gasteiger partial charge on any atom is 0.245 e. The van der Waals surface area contributed by atoms with Crippen molar-refractivity contribution in [1.29, 1.82) is 0 Å². The summed E-state index contributed by atoms with van der Waals surface area (Å²) in [6.45, 7) is 3.87. The van der Waals surface area contributed by atoms with Gasteiger partial charge in [-0.3, -0.25) is 4.79 Å². The van der Waals surface area contributed by atoms with Gasteiger partial charge in [-0.2, -0.15) is 0 Å². The Labute approximate surface area is 171 Å². The molecule has 1 aliphatic heterocycles. The maximum absolute atomic E-state index is 13.4. The minimum atomic E-state index is -0.215. The Morgan fingerprint density at radius 3 is 2.57 bits per heavy atom. The van der Waals surface area contributed by atoms with Gasteiger partial charge in [0.25, 0.3) is 0 Å². The summed E-state index contributed by atoms with van der Waals surface area (Å²) in [6.07, 6.45) is 4.57. The third-order valence-electron chi connectivity index (χ3n) is 5.55. The van der Waals surface area contributed by atoms with Gasteiger partial charge in [-0.15, -0.1) is 0 Å². The van der Waals surface area contributed by atoms with Gasteiger partial charge in [0, 0.05) is 24.5 Å². The van der Waals surface area contributed by atoms with Crippen LogP contribution in [0.4, 0.5) is 0 Å². The van der Waals surface area contributed by atoms with Gasteiger partial charge in [0.15, 0.2) is 0 Å². The van der Waals surface area contributed by atoms with E-state index in [1.165, 1.54) is 0 Å². The third-order valence-corrected chi connectivity index (χ3v) is 5.92. The van der Waals surface area contributed by atoms with Gasteiger partial charge < -0.3 is 9.47 Å². The van der Waals surface area contributed by atoms with E-state index in [1.54, 1.807) is 0 Å². The van der Waals surface area contributed by atoms with E-state index >= 15 is 0 Å². The van der Waals surface area contributed by atoms with Crippen LogP contribution in [0, 0.1) is 0 Å². The number of halogens is 1. The van der Waals surface area contributed by atoms with E-state index in [1.807, 2.05) is 47.4 Å². The average Bonchev–Trinajstić information content (AvgIpc) is 3.35. The van der Waals surface area contributed by atoms with Gasteiger partial charge in [0.05, 0.1) is 11.0 Å². The number of carbonyl (C=O) groups is 1. The molecule has 1 aromatic heterocycles. The first kappa shape index (κ1) is 19.0. The molecule has 0 bridgehead atoms. The van der Waals surface area contributed by atoms with E-state index < -0.39 is 0 Å². The van der Waals surface area contributed by atoms with Crippen molar-refractivity contribution in [2.75, 3.05) is 13.1 Å². The Bertz CT molecular complexity index is 975. The summed E-state index contributed by atoms with van der Waals surface area (Å²) in [6, 6.07) is 15.8. The van der Waals surface area contributed by atoms with Gasteiger partial charge in [-0.25, -0.2) is 4.98 Å². The molecular formula is C23H26ClN3O. The lowest BCUT2D eigenvalue weighted by atomic mass is 10.1. The lowest BCUT2D eigenvalue weighted by Gasteiger charge is -2.26. The Balaban J connectivity index is 1.80. The molecular weight excluding hydrogens is 370 g/mol. The second-order valence-corrected chi connectivity index (χ2v) is 7.90. The Hall–Kier alpha value is -2.33. The number of imidazole rings is 1. The number of benzene rings is 2. The van der Waals surface area contributed by atoms with Gasteiger partial charge in [-0.05, 0) is 43.0 Å². The molecule has 1 amide bonds. The summed E-state index contributed by atoms with van der Waals surface area (Å²) in [4.78, 5) is 20.3. The molecule has 2 heterocycles. The number of carbonyl (C=O) groups excluding carboxylic acids is 1. The first-order chi connectivity index (χ1) is 13.7. The summed E-state index contributed by atoms with van der Waals surface area (Å²) < 4.78 is 2.17. The number of amides is 1. The normalized spacial score (nSPS) is 15.3. The van der Waals surface area contributed by atoms with Crippen LogP contribution in [0.15, 0.2) is 48.5 Å². The first-order valence-corrected chi connectivity index (χ1v) is 10.5. The molecule has 4 nitrogen and oxygen atoms in total. The van der Waals surface area contributed by atoms with E-state index in [0.717, 1.165) is 66.2 Å². The van der Waals surface area contributed by atoms with Crippen molar-refractivity contribution >= 4 is 28.5 Å². The Kier molecular flexibility index (Phi) is 5.67. The van der Waals surface area contributed by atoms with Gasteiger partial charge >= 0.3 is 0 Å². The van der Waals surface area contributed by atoms with Crippen LogP contribution in [0.1, 0.15) is 50.0 Å². The standard InChI is InChI=1S/C23H26ClN3O/c1-2-9-21(23(28)26-14-7-8-15-26)27-20-13-6-5-12-19(20)25-22(27)16-17-10-3-4-11-18(17)24/h3-6,10-13,21H,2,7-9,14-16H2,1H3/t21-/m1/s1. The number of hydrogen-bond acceptors (Lipinski definition) is 2. The lowest BCUT2D eigenvalue weighted by molar-refractivity contribution is -0.133. The fourth-order valence-electron chi connectivity index (χ4n) is 4.16. The zero-order valence-electron chi connectivity index (χ0n) is 16.3. The van der Waals surface area contributed by atoms with Crippen molar-refractivity contribution in [3.05, 3.63) is 64.9 Å². The predicted octanol–water partition coefficient (Wildman–Crippen LogP) is 5.24. The number of aromatic nitrogens is 2. The monoisotopic (exact) mass is 395 g/mol. The highest BCUT2D eigenvalue weighted by molar-refractivity contribution is 6.31.